The van der Waals surface area contributed by atoms with Gasteiger partial charge in [-0.25, -0.2) is 4.98 Å². The molecule has 0 saturated heterocycles. The number of hydrogen-bond donors (Lipinski definition) is 0. The van der Waals surface area contributed by atoms with E-state index in [1.54, 1.807) is 6.26 Å². The lowest BCUT2D eigenvalue weighted by Gasteiger charge is -2.07. The molecule has 0 saturated carbocycles. The molecule has 4 heteroatoms. The lowest BCUT2D eigenvalue weighted by molar-refractivity contribution is 0.581. The number of aromatic nitrogens is 2. The van der Waals surface area contributed by atoms with Gasteiger partial charge in [0.25, 0.3) is 0 Å². The van der Waals surface area contributed by atoms with Gasteiger partial charge in [0.2, 0.25) is 0 Å². The van der Waals surface area contributed by atoms with Crippen molar-refractivity contribution in [1.82, 2.24) is 9.38 Å². The van der Waals surface area contributed by atoms with Crippen LogP contribution >= 0.6 is 0 Å². The highest BCUT2D eigenvalue weighted by molar-refractivity contribution is 5.84. The second-order valence-corrected chi connectivity index (χ2v) is 4.93. The number of benzene rings is 1. The van der Waals surface area contributed by atoms with Crippen LogP contribution < -0.4 is 0 Å². The molecule has 4 aromatic rings. The molecule has 3 heterocycles. The van der Waals surface area contributed by atoms with Crippen LogP contribution in [0.2, 0.25) is 0 Å². The highest BCUT2D eigenvalue weighted by Crippen LogP contribution is 2.30. The number of nitrogens with zero attached hydrogens (tertiary/aromatic N) is 3. The Morgan fingerprint density at radius 3 is 2.81 bits per heavy atom. The van der Waals surface area contributed by atoms with Gasteiger partial charge in [-0.15, -0.1) is 0 Å². The largest absolute Gasteiger partial charge is 0.464 e. The Morgan fingerprint density at radius 1 is 1.19 bits per heavy atom. The van der Waals surface area contributed by atoms with E-state index in [2.05, 4.69) is 11.1 Å². The minimum absolute atomic E-state index is 0.583. The zero-order chi connectivity index (χ0) is 14.4. The third-order valence-electron chi connectivity index (χ3n) is 3.76. The Kier molecular flexibility index (Phi) is 2.36. The van der Waals surface area contributed by atoms with E-state index in [1.165, 1.54) is 0 Å². The van der Waals surface area contributed by atoms with E-state index in [9.17, 15) is 5.26 Å². The van der Waals surface area contributed by atoms with Crippen molar-refractivity contribution in [3.05, 3.63) is 60.0 Å². The smallest absolute Gasteiger partial charge is 0.156 e. The fourth-order valence-electron chi connectivity index (χ4n) is 2.69. The lowest BCUT2D eigenvalue weighted by Crippen LogP contribution is -1.96. The van der Waals surface area contributed by atoms with Crippen molar-refractivity contribution >= 4 is 16.7 Å². The molecule has 1 aromatic carbocycles. The van der Waals surface area contributed by atoms with Gasteiger partial charge in [0, 0.05) is 11.8 Å². The standard InChI is InChI=1S/C17H11N3O/c1-11-12(9-18)17-19-14-5-2-3-6-15(14)20(17)10-13(11)16-7-4-8-21-16/h2-8,10H,1H3. The van der Waals surface area contributed by atoms with Crippen molar-refractivity contribution in [1.29, 1.82) is 5.26 Å². The van der Waals surface area contributed by atoms with Crippen molar-refractivity contribution in [2.24, 2.45) is 0 Å². The molecule has 0 N–H and O–H groups in total. The molecule has 0 bridgehead atoms. The third kappa shape index (κ3) is 1.58. The first-order valence-electron chi connectivity index (χ1n) is 6.64. The fraction of sp³-hybridized carbons (Fsp3) is 0.0588. The molecular weight excluding hydrogens is 262 g/mol. The third-order valence-corrected chi connectivity index (χ3v) is 3.76. The summed E-state index contributed by atoms with van der Waals surface area (Å²) in [5.74, 6) is 0.753. The quantitative estimate of drug-likeness (QED) is 0.528. The van der Waals surface area contributed by atoms with E-state index in [4.69, 9.17) is 4.42 Å². The molecule has 0 aliphatic heterocycles. The highest BCUT2D eigenvalue weighted by Gasteiger charge is 2.16. The molecule has 4 rings (SSSR count). The molecule has 4 nitrogen and oxygen atoms in total. The summed E-state index contributed by atoms with van der Waals surface area (Å²) in [7, 11) is 0. The molecule has 3 aromatic heterocycles. The zero-order valence-corrected chi connectivity index (χ0v) is 11.4. The van der Waals surface area contributed by atoms with Gasteiger partial charge >= 0.3 is 0 Å². The maximum Gasteiger partial charge on any atom is 0.156 e. The fourth-order valence-corrected chi connectivity index (χ4v) is 2.69. The number of rotatable bonds is 1. The summed E-state index contributed by atoms with van der Waals surface area (Å²) in [4.78, 5) is 4.58. The normalized spacial score (nSPS) is 11.0. The summed E-state index contributed by atoms with van der Waals surface area (Å²) in [6.07, 6.45) is 3.62. The van der Waals surface area contributed by atoms with Gasteiger partial charge < -0.3 is 4.42 Å². The van der Waals surface area contributed by atoms with E-state index in [0.717, 1.165) is 27.9 Å². The average molecular weight is 273 g/mol. The minimum Gasteiger partial charge on any atom is -0.464 e. The molecular formula is C17H11N3O. The Labute approximate surface area is 120 Å². The van der Waals surface area contributed by atoms with Crippen LogP contribution in [0.15, 0.2) is 53.3 Å². The molecule has 0 spiro atoms. The van der Waals surface area contributed by atoms with Gasteiger partial charge in [-0.2, -0.15) is 5.26 Å². The van der Waals surface area contributed by atoms with Crippen LogP contribution in [0.5, 0.6) is 0 Å². The minimum atomic E-state index is 0.583. The Bertz CT molecular complexity index is 1000. The SMILES string of the molecule is Cc1c(-c2ccco2)cn2c(nc3ccccc32)c1C#N. The summed E-state index contributed by atoms with van der Waals surface area (Å²) in [5.41, 5.74) is 4.93. The summed E-state index contributed by atoms with van der Waals surface area (Å²) < 4.78 is 7.45. The summed E-state index contributed by atoms with van der Waals surface area (Å²) >= 11 is 0. The molecule has 0 radical (unpaired) electrons. The second-order valence-electron chi connectivity index (χ2n) is 4.93. The molecule has 0 aliphatic carbocycles. The van der Waals surface area contributed by atoms with Crippen LogP contribution in [-0.4, -0.2) is 9.38 Å². The number of pyridine rings is 1. The molecule has 0 fully saturated rings. The van der Waals surface area contributed by atoms with E-state index in [-0.39, 0.29) is 0 Å². The summed E-state index contributed by atoms with van der Waals surface area (Å²) in [6.45, 7) is 1.93. The average Bonchev–Trinajstić information content (AvgIpc) is 3.13. The first kappa shape index (κ1) is 11.7. The summed E-state index contributed by atoms with van der Waals surface area (Å²) in [5, 5.41) is 9.53. The first-order chi connectivity index (χ1) is 10.3. The monoisotopic (exact) mass is 273 g/mol. The predicted molar refractivity (Wildman–Crippen MR) is 79.9 cm³/mol. The lowest BCUT2D eigenvalue weighted by atomic mass is 10.0. The number of hydrogen-bond acceptors (Lipinski definition) is 3. The maximum atomic E-state index is 9.53. The molecule has 21 heavy (non-hydrogen) atoms. The molecule has 0 amide bonds. The van der Waals surface area contributed by atoms with Gasteiger partial charge in [0.05, 0.1) is 22.9 Å². The number of para-hydroxylation sites is 2. The van der Waals surface area contributed by atoms with Gasteiger partial charge in [-0.1, -0.05) is 12.1 Å². The van der Waals surface area contributed by atoms with Crippen LogP contribution in [-0.2, 0) is 0 Å². The second kappa shape index (κ2) is 4.22. The first-order valence-corrected chi connectivity index (χ1v) is 6.64. The van der Waals surface area contributed by atoms with Crippen molar-refractivity contribution in [3.8, 4) is 17.4 Å². The van der Waals surface area contributed by atoms with E-state index < -0.39 is 0 Å². The van der Waals surface area contributed by atoms with E-state index in [0.29, 0.717) is 11.2 Å². The van der Waals surface area contributed by atoms with Crippen LogP contribution in [0.4, 0.5) is 0 Å². The van der Waals surface area contributed by atoms with Gasteiger partial charge in [-0.3, -0.25) is 4.40 Å². The number of nitriles is 1. The van der Waals surface area contributed by atoms with Gasteiger partial charge in [-0.05, 0) is 36.8 Å². The number of furan rings is 1. The topological polar surface area (TPSA) is 54.2 Å². The van der Waals surface area contributed by atoms with Crippen LogP contribution in [0, 0.1) is 18.3 Å². The Balaban J connectivity index is 2.21. The molecule has 0 aliphatic rings. The van der Waals surface area contributed by atoms with Crippen LogP contribution in [0.25, 0.3) is 28.0 Å². The summed E-state index contributed by atoms with van der Waals surface area (Å²) in [6, 6.07) is 13.9. The predicted octanol–water partition coefficient (Wildman–Crippen LogP) is 3.93. The van der Waals surface area contributed by atoms with Crippen LogP contribution in [0.1, 0.15) is 11.1 Å². The zero-order valence-electron chi connectivity index (χ0n) is 11.4. The highest BCUT2D eigenvalue weighted by atomic mass is 16.3. The van der Waals surface area contributed by atoms with Crippen molar-refractivity contribution in [2.45, 2.75) is 6.92 Å². The molecule has 100 valence electrons. The van der Waals surface area contributed by atoms with Crippen molar-refractivity contribution in [2.75, 3.05) is 0 Å². The van der Waals surface area contributed by atoms with Gasteiger partial charge in [0.15, 0.2) is 5.65 Å². The number of fused-ring (bicyclic) bond motifs is 3. The van der Waals surface area contributed by atoms with E-state index >= 15 is 0 Å². The maximum absolute atomic E-state index is 9.53. The van der Waals surface area contributed by atoms with Gasteiger partial charge in [0.1, 0.15) is 11.8 Å². The number of imidazole rings is 1. The Hall–Kier alpha value is -3.06. The van der Waals surface area contributed by atoms with Crippen LogP contribution in [0.3, 0.4) is 0 Å². The van der Waals surface area contributed by atoms with Crippen molar-refractivity contribution < 1.29 is 4.42 Å². The Morgan fingerprint density at radius 2 is 2.05 bits per heavy atom. The van der Waals surface area contributed by atoms with E-state index in [1.807, 2.05) is 53.9 Å². The molecule has 0 unspecified atom stereocenters. The van der Waals surface area contributed by atoms with Crippen molar-refractivity contribution in [3.63, 3.8) is 0 Å². The molecule has 0 atom stereocenters.